The fourth-order valence-electron chi connectivity index (χ4n) is 6.55. The molecule has 0 aromatic heterocycles. The van der Waals surface area contributed by atoms with Gasteiger partial charge in [0.1, 0.15) is 0 Å². The molecule has 3 aromatic rings. The van der Waals surface area contributed by atoms with Crippen LogP contribution in [0.15, 0.2) is 72.8 Å². The Morgan fingerprint density at radius 1 is 0.905 bits per heavy atom. The average Bonchev–Trinajstić information content (AvgIpc) is 3.00. The van der Waals surface area contributed by atoms with Crippen LogP contribution in [-0.2, 0) is 23.9 Å². The van der Waals surface area contributed by atoms with Gasteiger partial charge in [-0.2, -0.15) is 13.2 Å². The third-order valence-corrected chi connectivity index (χ3v) is 8.69. The van der Waals surface area contributed by atoms with Crippen LogP contribution in [-0.4, -0.2) is 72.5 Å². The summed E-state index contributed by atoms with van der Waals surface area (Å²) >= 11 is 0. The number of non-ortho nitro benzene ring substituents is 1. The number of rotatable bonds is 5. The molecule has 3 aliphatic heterocycles. The number of alkyl halides is 3. The fourth-order valence-corrected chi connectivity index (χ4v) is 6.55. The number of benzene rings is 3. The molecule has 2 atom stereocenters. The number of halogens is 3. The molecule has 0 bridgehead atoms. The molecule has 2 fully saturated rings. The van der Waals surface area contributed by atoms with Gasteiger partial charge in [-0.1, -0.05) is 36.4 Å². The van der Waals surface area contributed by atoms with Gasteiger partial charge in [0.05, 0.1) is 22.4 Å². The summed E-state index contributed by atoms with van der Waals surface area (Å²) in [6.45, 7) is 4.61. The molecule has 2 saturated heterocycles. The Balaban J connectivity index is 1.21. The van der Waals surface area contributed by atoms with Crippen LogP contribution in [0.2, 0.25) is 0 Å². The molecular formula is C31H32F3N5O3. The first kappa shape index (κ1) is 28.0. The van der Waals surface area contributed by atoms with Gasteiger partial charge >= 0.3 is 6.18 Å². The molecule has 3 aromatic carbocycles. The van der Waals surface area contributed by atoms with Crippen molar-refractivity contribution >= 4 is 23.0 Å². The van der Waals surface area contributed by atoms with E-state index < -0.39 is 22.6 Å². The highest BCUT2D eigenvalue weighted by Crippen LogP contribution is 2.39. The predicted octanol–water partition coefficient (Wildman–Crippen LogP) is 4.83. The van der Waals surface area contributed by atoms with E-state index in [1.165, 1.54) is 17.7 Å². The van der Waals surface area contributed by atoms with Gasteiger partial charge in [0, 0.05) is 75.9 Å². The highest BCUT2D eigenvalue weighted by Gasteiger charge is 2.43. The van der Waals surface area contributed by atoms with Crippen molar-refractivity contribution in [2.75, 3.05) is 55.6 Å². The molecule has 0 saturated carbocycles. The summed E-state index contributed by atoms with van der Waals surface area (Å²) in [6, 6.07) is 20.3. The molecule has 2 unspecified atom stereocenters. The summed E-state index contributed by atoms with van der Waals surface area (Å²) in [6.07, 6.45) is -4.01. The van der Waals surface area contributed by atoms with E-state index in [0.29, 0.717) is 51.4 Å². The number of anilines is 2. The van der Waals surface area contributed by atoms with E-state index in [2.05, 4.69) is 21.9 Å². The molecular weight excluding hydrogens is 547 g/mol. The summed E-state index contributed by atoms with van der Waals surface area (Å²) in [5.41, 5.74) is 2.76. The molecule has 8 nitrogen and oxygen atoms in total. The van der Waals surface area contributed by atoms with Crippen LogP contribution < -0.4 is 9.80 Å². The normalized spacial score (nSPS) is 21.1. The third-order valence-electron chi connectivity index (χ3n) is 8.69. The maximum Gasteiger partial charge on any atom is 0.416 e. The zero-order valence-corrected chi connectivity index (χ0v) is 23.0. The van der Waals surface area contributed by atoms with Gasteiger partial charge in [-0.3, -0.25) is 19.8 Å². The van der Waals surface area contributed by atoms with Gasteiger partial charge in [-0.25, -0.2) is 0 Å². The van der Waals surface area contributed by atoms with Crippen molar-refractivity contribution in [1.82, 2.24) is 9.80 Å². The number of nitro groups is 1. The molecule has 0 aliphatic carbocycles. The molecule has 11 heteroatoms. The lowest BCUT2D eigenvalue weighted by Crippen LogP contribution is -2.62. The molecule has 220 valence electrons. The van der Waals surface area contributed by atoms with Crippen molar-refractivity contribution in [1.29, 1.82) is 0 Å². The SMILES string of the molecule is O=C(C1Cc2cc([N+](=O)[O-])ccc2N2CCN(Cc3ccccc3)CC12)N1CCN(c2cccc(C(F)(F)F)c2)CC1. The number of hydrogen-bond donors (Lipinski definition) is 0. The quantitative estimate of drug-likeness (QED) is 0.319. The van der Waals surface area contributed by atoms with Gasteiger partial charge in [0.25, 0.3) is 5.69 Å². The Labute approximate surface area is 242 Å². The van der Waals surface area contributed by atoms with Crippen molar-refractivity contribution in [3.05, 3.63) is 99.6 Å². The van der Waals surface area contributed by atoms with Gasteiger partial charge < -0.3 is 14.7 Å². The predicted molar refractivity (Wildman–Crippen MR) is 153 cm³/mol. The first-order valence-corrected chi connectivity index (χ1v) is 14.2. The van der Waals surface area contributed by atoms with Crippen LogP contribution in [0.4, 0.5) is 30.2 Å². The lowest BCUT2D eigenvalue weighted by atomic mass is 9.82. The van der Waals surface area contributed by atoms with E-state index in [1.54, 1.807) is 12.1 Å². The summed E-state index contributed by atoms with van der Waals surface area (Å²) in [5, 5.41) is 11.5. The topological polar surface area (TPSA) is 73.2 Å². The largest absolute Gasteiger partial charge is 0.416 e. The Hall–Kier alpha value is -4.12. The number of carbonyl (C=O) groups is 1. The van der Waals surface area contributed by atoms with Crippen molar-refractivity contribution < 1.29 is 22.9 Å². The van der Waals surface area contributed by atoms with E-state index in [1.807, 2.05) is 34.1 Å². The maximum atomic E-state index is 14.1. The maximum absolute atomic E-state index is 14.1. The second-order valence-corrected chi connectivity index (χ2v) is 11.2. The highest BCUT2D eigenvalue weighted by molar-refractivity contribution is 5.83. The van der Waals surface area contributed by atoms with Crippen molar-refractivity contribution in [3.8, 4) is 0 Å². The third kappa shape index (κ3) is 5.65. The van der Waals surface area contributed by atoms with Gasteiger partial charge in [0.2, 0.25) is 5.91 Å². The summed E-state index contributed by atoms with van der Waals surface area (Å²) < 4.78 is 39.8. The second kappa shape index (κ2) is 11.3. The molecule has 0 spiro atoms. The molecule has 42 heavy (non-hydrogen) atoms. The molecule has 0 radical (unpaired) electrons. The minimum atomic E-state index is -4.42. The summed E-state index contributed by atoms with van der Waals surface area (Å²) in [4.78, 5) is 33.5. The number of amides is 1. The molecule has 1 amide bonds. The zero-order valence-electron chi connectivity index (χ0n) is 23.0. The lowest BCUT2D eigenvalue weighted by Gasteiger charge is -2.50. The summed E-state index contributed by atoms with van der Waals surface area (Å²) in [5.74, 6) is -0.398. The standard InChI is InChI=1S/C31H32F3N5O3/c32-31(33,34)24-7-4-8-25(19-24)36-12-14-37(15-13-36)30(40)27-18-23-17-26(39(41)42)9-10-28(23)38-16-11-35(21-29(27)38)20-22-5-2-1-3-6-22/h1-10,17,19,27,29H,11-16,18,20-21H2. The van der Waals surface area contributed by atoms with Crippen molar-refractivity contribution in [2.24, 2.45) is 5.92 Å². The van der Waals surface area contributed by atoms with E-state index >= 15 is 0 Å². The minimum Gasteiger partial charge on any atom is -0.368 e. The Kier molecular flexibility index (Phi) is 7.53. The van der Waals surface area contributed by atoms with Gasteiger partial charge in [-0.05, 0) is 41.8 Å². The lowest BCUT2D eigenvalue weighted by molar-refractivity contribution is -0.384. The fraction of sp³-hybridized carbons (Fsp3) is 0.387. The van der Waals surface area contributed by atoms with E-state index in [0.717, 1.165) is 36.5 Å². The van der Waals surface area contributed by atoms with Gasteiger partial charge in [0.15, 0.2) is 0 Å². The number of nitro benzene ring substituents is 1. The molecule has 6 rings (SSSR count). The first-order valence-electron chi connectivity index (χ1n) is 14.2. The number of fused-ring (bicyclic) bond motifs is 3. The van der Waals surface area contributed by atoms with Crippen LogP contribution in [0.5, 0.6) is 0 Å². The highest BCUT2D eigenvalue weighted by atomic mass is 19.4. The minimum absolute atomic E-state index is 0.00703. The van der Waals surface area contributed by atoms with Crippen LogP contribution in [0.25, 0.3) is 0 Å². The second-order valence-electron chi connectivity index (χ2n) is 11.2. The average molecular weight is 580 g/mol. The molecule has 0 N–H and O–H groups in total. The molecule has 3 aliphatic rings. The zero-order chi connectivity index (χ0) is 29.4. The Bertz CT molecular complexity index is 1460. The van der Waals surface area contributed by atoms with Crippen LogP contribution in [0, 0.1) is 16.0 Å². The van der Waals surface area contributed by atoms with Crippen LogP contribution >= 0.6 is 0 Å². The Morgan fingerprint density at radius 2 is 1.67 bits per heavy atom. The number of nitrogens with zero attached hydrogens (tertiary/aromatic N) is 5. The van der Waals surface area contributed by atoms with Crippen molar-refractivity contribution in [3.63, 3.8) is 0 Å². The smallest absolute Gasteiger partial charge is 0.368 e. The first-order chi connectivity index (χ1) is 20.2. The van der Waals surface area contributed by atoms with E-state index in [-0.39, 0.29) is 17.6 Å². The number of piperazine rings is 2. The van der Waals surface area contributed by atoms with E-state index in [9.17, 15) is 28.1 Å². The number of carbonyl (C=O) groups excluding carboxylic acids is 1. The van der Waals surface area contributed by atoms with Crippen LogP contribution in [0.3, 0.4) is 0 Å². The van der Waals surface area contributed by atoms with E-state index in [4.69, 9.17) is 0 Å². The summed E-state index contributed by atoms with van der Waals surface area (Å²) in [7, 11) is 0. The monoisotopic (exact) mass is 579 g/mol. The van der Waals surface area contributed by atoms with Crippen molar-refractivity contribution in [2.45, 2.75) is 25.2 Å². The van der Waals surface area contributed by atoms with Crippen LogP contribution in [0.1, 0.15) is 16.7 Å². The molecule has 3 heterocycles. The number of hydrogen-bond acceptors (Lipinski definition) is 6. The van der Waals surface area contributed by atoms with Gasteiger partial charge in [-0.15, -0.1) is 0 Å². The Morgan fingerprint density at radius 3 is 2.38 bits per heavy atom.